The summed E-state index contributed by atoms with van der Waals surface area (Å²) >= 11 is 6.09. The van der Waals surface area contributed by atoms with Crippen molar-refractivity contribution in [1.82, 2.24) is 9.78 Å². The van der Waals surface area contributed by atoms with Crippen molar-refractivity contribution in [1.29, 1.82) is 0 Å². The molecule has 0 saturated heterocycles. The number of nitrogens with one attached hydrogen (secondary N) is 1. The molecule has 4 nitrogen and oxygen atoms in total. The van der Waals surface area contributed by atoms with E-state index in [1.807, 2.05) is 36.5 Å². The van der Waals surface area contributed by atoms with Gasteiger partial charge < -0.3 is 5.32 Å². The lowest BCUT2D eigenvalue weighted by Gasteiger charge is -2.24. The molecule has 2 aromatic carbocycles. The van der Waals surface area contributed by atoms with Crippen molar-refractivity contribution in [3.05, 3.63) is 76.4 Å². The SMILES string of the molecule is Cc1cccc(C2CC(=O)Nc3c2cnn3-c2cccc(Cl)c2)c1. The Morgan fingerprint density at radius 3 is 2.83 bits per heavy atom. The lowest BCUT2D eigenvalue weighted by Crippen LogP contribution is -2.24. The van der Waals surface area contributed by atoms with Gasteiger partial charge in [-0.3, -0.25) is 4.79 Å². The first-order valence-electron chi connectivity index (χ1n) is 7.82. The zero-order valence-electron chi connectivity index (χ0n) is 13.2. The summed E-state index contributed by atoms with van der Waals surface area (Å²) in [5.41, 5.74) is 4.17. The fraction of sp³-hybridized carbons (Fsp3) is 0.158. The van der Waals surface area contributed by atoms with E-state index in [-0.39, 0.29) is 11.8 Å². The average Bonchev–Trinajstić information content (AvgIpc) is 2.97. The van der Waals surface area contributed by atoms with Crippen molar-refractivity contribution in [2.45, 2.75) is 19.3 Å². The number of carbonyl (C=O) groups excluding carboxylic acids is 1. The van der Waals surface area contributed by atoms with Crippen LogP contribution in [0.25, 0.3) is 5.69 Å². The monoisotopic (exact) mass is 337 g/mol. The van der Waals surface area contributed by atoms with Gasteiger partial charge in [-0.1, -0.05) is 47.5 Å². The molecular formula is C19H16ClN3O. The Hall–Kier alpha value is -2.59. The number of nitrogens with zero attached hydrogens (tertiary/aromatic N) is 2. The van der Waals surface area contributed by atoms with Crippen molar-refractivity contribution in [3.8, 4) is 5.69 Å². The Morgan fingerprint density at radius 1 is 1.21 bits per heavy atom. The van der Waals surface area contributed by atoms with E-state index in [0.717, 1.165) is 22.6 Å². The molecular weight excluding hydrogens is 322 g/mol. The third kappa shape index (κ3) is 2.59. The highest BCUT2D eigenvalue weighted by Gasteiger charge is 2.30. The molecule has 1 atom stereocenters. The molecule has 1 aliphatic rings. The van der Waals surface area contributed by atoms with Gasteiger partial charge in [0.15, 0.2) is 0 Å². The molecule has 2 heterocycles. The van der Waals surface area contributed by atoms with E-state index in [9.17, 15) is 4.79 Å². The van der Waals surface area contributed by atoms with Crippen LogP contribution < -0.4 is 5.32 Å². The Bertz CT molecular complexity index is 932. The van der Waals surface area contributed by atoms with Gasteiger partial charge in [0, 0.05) is 22.9 Å². The topological polar surface area (TPSA) is 46.9 Å². The van der Waals surface area contributed by atoms with Crippen LogP contribution in [-0.4, -0.2) is 15.7 Å². The van der Waals surface area contributed by atoms with Crippen LogP contribution in [0.15, 0.2) is 54.7 Å². The van der Waals surface area contributed by atoms with Gasteiger partial charge in [-0.2, -0.15) is 5.10 Å². The van der Waals surface area contributed by atoms with Gasteiger partial charge in [0.05, 0.1) is 11.9 Å². The smallest absolute Gasteiger partial charge is 0.226 e. The number of hydrogen-bond acceptors (Lipinski definition) is 2. The number of anilines is 1. The Morgan fingerprint density at radius 2 is 2.04 bits per heavy atom. The third-order valence-corrected chi connectivity index (χ3v) is 4.55. The highest BCUT2D eigenvalue weighted by molar-refractivity contribution is 6.30. The second-order valence-corrected chi connectivity index (χ2v) is 6.50. The molecule has 0 aliphatic carbocycles. The first kappa shape index (κ1) is 15.0. The van der Waals surface area contributed by atoms with Gasteiger partial charge in [-0.25, -0.2) is 4.68 Å². The zero-order chi connectivity index (χ0) is 16.7. The van der Waals surface area contributed by atoms with Crippen LogP contribution in [0.5, 0.6) is 0 Å². The van der Waals surface area contributed by atoms with Crippen LogP contribution in [0.2, 0.25) is 5.02 Å². The predicted octanol–water partition coefficient (Wildman–Crippen LogP) is 4.31. The van der Waals surface area contributed by atoms with Crippen LogP contribution in [0.4, 0.5) is 5.82 Å². The summed E-state index contributed by atoms with van der Waals surface area (Å²) in [6.07, 6.45) is 2.26. The minimum absolute atomic E-state index is 0.00205. The van der Waals surface area contributed by atoms with Gasteiger partial charge in [0.2, 0.25) is 5.91 Å². The number of hydrogen-bond donors (Lipinski definition) is 1. The number of rotatable bonds is 2. The van der Waals surface area contributed by atoms with E-state index in [4.69, 9.17) is 11.6 Å². The number of benzene rings is 2. The fourth-order valence-corrected chi connectivity index (χ4v) is 3.39. The van der Waals surface area contributed by atoms with E-state index < -0.39 is 0 Å². The van der Waals surface area contributed by atoms with Crippen molar-refractivity contribution >= 4 is 23.3 Å². The molecule has 0 bridgehead atoms. The highest BCUT2D eigenvalue weighted by atomic mass is 35.5. The quantitative estimate of drug-likeness (QED) is 0.757. The van der Waals surface area contributed by atoms with E-state index in [0.29, 0.717) is 11.4 Å². The van der Waals surface area contributed by atoms with E-state index in [2.05, 4.69) is 35.5 Å². The van der Waals surface area contributed by atoms with Gasteiger partial charge in [0.1, 0.15) is 5.82 Å². The van der Waals surface area contributed by atoms with Gasteiger partial charge >= 0.3 is 0 Å². The summed E-state index contributed by atoms with van der Waals surface area (Å²) < 4.78 is 1.74. The normalized spacial score (nSPS) is 16.6. The summed E-state index contributed by atoms with van der Waals surface area (Å²) in [6, 6.07) is 15.7. The van der Waals surface area contributed by atoms with Gasteiger partial charge in [0.25, 0.3) is 0 Å². The maximum atomic E-state index is 12.3. The summed E-state index contributed by atoms with van der Waals surface area (Å²) in [5, 5.41) is 8.08. The lowest BCUT2D eigenvalue weighted by atomic mass is 9.87. The molecule has 0 spiro atoms. The average molecular weight is 338 g/mol. The minimum Gasteiger partial charge on any atom is -0.310 e. The molecule has 24 heavy (non-hydrogen) atoms. The maximum absolute atomic E-state index is 12.3. The number of fused-ring (bicyclic) bond motifs is 1. The van der Waals surface area contributed by atoms with Gasteiger partial charge in [-0.15, -0.1) is 0 Å². The second kappa shape index (κ2) is 5.80. The predicted molar refractivity (Wildman–Crippen MR) is 94.8 cm³/mol. The van der Waals surface area contributed by atoms with Crippen LogP contribution >= 0.6 is 11.6 Å². The first-order chi connectivity index (χ1) is 11.6. The van der Waals surface area contributed by atoms with Crippen molar-refractivity contribution < 1.29 is 4.79 Å². The zero-order valence-corrected chi connectivity index (χ0v) is 13.9. The number of carbonyl (C=O) groups is 1. The Kier molecular flexibility index (Phi) is 3.62. The third-order valence-electron chi connectivity index (χ3n) is 4.32. The standard InChI is InChI=1S/C19H16ClN3O/c1-12-4-2-5-13(8-12)16-10-18(24)22-19-17(16)11-21-23(19)15-7-3-6-14(20)9-15/h2-9,11,16H,10H2,1H3,(H,22,24). The van der Waals surface area contributed by atoms with E-state index in [1.165, 1.54) is 5.56 Å². The van der Waals surface area contributed by atoms with Crippen LogP contribution in [-0.2, 0) is 4.79 Å². The molecule has 5 heteroatoms. The Labute approximate surface area is 145 Å². The molecule has 1 N–H and O–H groups in total. The molecule has 1 aliphatic heterocycles. The molecule has 1 amide bonds. The molecule has 0 fully saturated rings. The first-order valence-corrected chi connectivity index (χ1v) is 8.20. The molecule has 1 aromatic heterocycles. The molecule has 1 unspecified atom stereocenters. The van der Waals surface area contributed by atoms with E-state index >= 15 is 0 Å². The fourth-order valence-electron chi connectivity index (χ4n) is 3.21. The number of amides is 1. The van der Waals surface area contributed by atoms with Crippen molar-refractivity contribution in [3.63, 3.8) is 0 Å². The summed E-state index contributed by atoms with van der Waals surface area (Å²) in [6.45, 7) is 2.06. The molecule has 120 valence electrons. The van der Waals surface area contributed by atoms with Crippen molar-refractivity contribution in [2.75, 3.05) is 5.32 Å². The largest absolute Gasteiger partial charge is 0.310 e. The summed E-state index contributed by atoms with van der Waals surface area (Å²) in [7, 11) is 0. The maximum Gasteiger partial charge on any atom is 0.226 e. The second-order valence-electron chi connectivity index (χ2n) is 6.06. The Balaban J connectivity index is 1.83. The number of aromatic nitrogens is 2. The number of halogens is 1. The molecule has 0 radical (unpaired) electrons. The van der Waals surface area contributed by atoms with Crippen molar-refractivity contribution in [2.24, 2.45) is 0 Å². The molecule has 4 rings (SSSR count). The highest BCUT2D eigenvalue weighted by Crippen LogP contribution is 2.38. The van der Waals surface area contributed by atoms with Crippen LogP contribution in [0.3, 0.4) is 0 Å². The molecule has 0 saturated carbocycles. The van der Waals surface area contributed by atoms with E-state index in [1.54, 1.807) is 4.68 Å². The number of aryl methyl sites for hydroxylation is 1. The van der Waals surface area contributed by atoms with Crippen LogP contribution in [0.1, 0.15) is 29.0 Å². The lowest BCUT2D eigenvalue weighted by molar-refractivity contribution is -0.116. The van der Waals surface area contributed by atoms with Gasteiger partial charge in [-0.05, 0) is 30.7 Å². The minimum atomic E-state index is -0.00205. The summed E-state index contributed by atoms with van der Waals surface area (Å²) in [5.74, 6) is 0.736. The van der Waals surface area contributed by atoms with Crippen LogP contribution in [0, 0.1) is 6.92 Å². The summed E-state index contributed by atoms with van der Waals surface area (Å²) in [4.78, 5) is 12.3. The molecule has 3 aromatic rings.